The van der Waals surface area contributed by atoms with Gasteiger partial charge in [0.05, 0.1) is 0 Å². The van der Waals surface area contributed by atoms with Gasteiger partial charge in [0.15, 0.2) is 0 Å². The van der Waals surface area contributed by atoms with Gasteiger partial charge in [-0.25, -0.2) is 0 Å². The number of hydrogen-bond donors (Lipinski definition) is 2. The van der Waals surface area contributed by atoms with Crippen LogP contribution in [0, 0.1) is 6.92 Å². The molecule has 2 unspecified atom stereocenters. The molecule has 1 saturated heterocycles. The number of hydrogen-bond acceptors (Lipinski definition) is 3. The molecule has 1 amide bonds. The van der Waals surface area contributed by atoms with E-state index in [1.165, 1.54) is 0 Å². The minimum absolute atomic E-state index is 0.0531. The Morgan fingerprint density at radius 2 is 2.19 bits per heavy atom. The quantitative estimate of drug-likeness (QED) is 0.895. The number of rotatable bonds is 4. The zero-order valence-corrected chi connectivity index (χ0v) is 13.6. The van der Waals surface area contributed by atoms with Crippen molar-refractivity contribution in [2.24, 2.45) is 0 Å². The minimum atomic E-state index is 0.0531. The van der Waals surface area contributed by atoms with E-state index in [9.17, 15) is 4.79 Å². The summed E-state index contributed by atoms with van der Waals surface area (Å²) >= 11 is 0. The second kappa shape index (κ2) is 6.94. The molecular formula is C17H27N3O. The number of anilines is 1. The third-order valence-electron chi connectivity index (χ3n) is 4.40. The molecule has 21 heavy (non-hydrogen) atoms. The minimum Gasteiger partial charge on any atom is -0.385 e. The van der Waals surface area contributed by atoms with Crippen molar-refractivity contribution >= 4 is 11.6 Å². The van der Waals surface area contributed by atoms with Crippen LogP contribution in [0.5, 0.6) is 0 Å². The molecule has 0 saturated carbocycles. The lowest BCUT2D eigenvalue weighted by molar-refractivity contribution is 0.0896. The van der Waals surface area contributed by atoms with Crippen LogP contribution in [-0.4, -0.2) is 43.0 Å². The second-order valence-corrected chi connectivity index (χ2v) is 6.08. The van der Waals surface area contributed by atoms with Crippen molar-refractivity contribution in [3.63, 3.8) is 0 Å². The van der Waals surface area contributed by atoms with Crippen LogP contribution < -0.4 is 10.6 Å². The van der Waals surface area contributed by atoms with Gasteiger partial charge in [-0.1, -0.05) is 0 Å². The van der Waals surface area contributed by atoms with Crippen LogP contribution in [0.3, 0.4) is 0 Å². The average molecular weight is 289 g/mol. The zero-order chi connectivity index (χ0) is 15.4. The molecule has 1 aliphatic heterocycles. The molecule has 0 radical (unpaired) electrons. The van der Waals surface area contributed by atoms with Crippen LogP contribution in [-0.2, 0) is 0 Å². The van der Waals surface area contributed by atoms with E-state index in [-0.39, 0.29) is 11.9 Å². The first-order valence-corrected chi connectivity index (χ1v) is 7.87. The Labute approximate surface area is 127 Å². The van der Waals surface area contributed by atoms with Crippen LogP contribution in [0.2, 0.25) is 0 Å². The molecule has 0 spiro atoms. The lowest BCUT2D eigenvalue weighted by Gasteiger charge is -2.35. The van der Waals surface area contributed by atoms with E-state index in [1.807, 2.05) is 25.1 Å². The SMILES string of the molecule is CCNc1ccc(C(=O)NC2CCN(C)C(C)C2)c(C)c1. The van der Waals surface area contributed by atoms with Crippen molar-refractivity contribution in [3.8, 4) is 0 Å². The molecule has 1 aliphatic rings. The molecule has 0 aliphatic carbocycles. The highest BCUT2D eigenvalue weighted by Gasteiger charge is 2.24. The Hall–Kier alpha value is -1.55. The summed E-state index contributed by atoms with van der Waals surface area (Å²) in [6.45, 7) is 8.21. The number of nitrogens with zero attached hydrogens (tertiary/aromatic N) is 1. The number of piperidine rings is 1. The number of benzene rings is 1. The first-order chi connectivity index (χ1) is 10.0. The molecular weight excluding hydrogens is 262 g/mol. The van der Waals surface area contributed by atoms with Crippen molar-refractivity contribution in [2.75, 3.05) is 25.5 Å². The molecule has 1 heterocycles. The maximum absolute atomic E-state index is 12.4. The van der Waals surface area contributed by atoms with Gasteiger partial charge >= 0.3 is 0 Å². The van der Waals surface area contributed by atoms with Gasteiger partial charge in [-0.05, 0) is 64.4 Å². The van der Waals surface area contributed by atoms with Crippen molar-refractivity contribution in [2.45, 2.75) is 45.7 Å². The number of likely N-dealkylation sites (tertiary alicyclic amines) is 1. The molecule has 0 bridgehead atoms. The standard InChI is InChI=1S/C17H27N3O/c1-5-18-14-6-7-16(12(2)10-14)17(21)19-15-8-9-20(4)13(3)11-15/h6-7,10,13,15,18H,5,8-9,11H2,1-4H3,(H,19,21). The summed E-state index contributed by atoms with van der Waals surface area (Å²) in [5.41, 5.74) is 2.87. The van der Waals surface area contributed by atoms with Crippen LogP contribution in [0.4, 0.5) is 5.69 Å². The van der Waals surface area contributed by atoms with Crippen molar-refractivity contribution in [3.05, 3.63) is 29.3 Å². The van der Waals surface area contributed by atoms with Crippen LogP contribution >= 0.6 is 0 Å². The average Bonchev–Trinajstić information content (AvgIpc) is 2.43. The lowest BCUT2D eigenvalue weighted by Crippen LogP contribution is -2.47. The van der Waals surface area contributed by atoms with Gasteiger partial charge in [0.2, 0.25) is 0 Å². The molecule has 2 atom stereocenters. The first-order valence-electron chi connectivity index (χ1n) is 7.87. The highest BCUT2D eigenvalue weighted by Crippen LogP contribution is 2.18. The van der Waals surface area contributed by atoms with Crippen LogP contribution in [0.25, 0.3) is 0 Å². The van der Waals surface area contributed by atoms with E-state index in [2.05, 4.69) is 36.4 Å². The summed E-state index contributed by atoms with van der Waals surface area (Å²) in [7, 11) is 2.15. The predicted molar refractivity (Wildman–Crippen MR) is 87.9 cm³/mol. The fraction of sp³-hybridized carbons (Fsp3) is 0.588. The van der Waals surface area contributed by atoms with E-state index in [1.54, 1.807) is 0 Å². The van der Waals surface area contributed by atoms with E-state index in [0.717, 1.165) is 42.7 Å². The van der Waals surface area contributed by atoms with E-state index >= 15 is 0 Å². The van der Waals surface area contributed by atoms with E-state index in [0.29, 0.717) is 6.04 Å². The summed E-state index contributed by atoms with van der Waals surface area (Å²) in [6, 6.07) is 6.75. The monoisotopic (exact) mass is 289 g/mol. The fourth-order valence-corrected chi connectivity index (χ4v) is 2.92. The second-order valence-electron chi connectivity index (χ2n) is 6.08. The van der Waals surface area contributed by atoms with Crippen LogP contribution in [0.15, 0.2) is 18.2 Å². The largest absolute Gasteiger partial charge is 0.385 e. The Balaban J connectivity index is 2.00. The number of amides is 1. The topological polar surface area (TPSA) is 44.4 Å². The molecule has 0 aromatic heterocycles. The smallest absolute Gasteiger partial charge is 0.251 e. The van der Waals surface area contributed by atoms with E-state index in [4.69, 9.17) is 0 Å². The Bertz CT molecular complexity index is 501. The van der Waals surface area contributed by atoms with Gasteiger partial charge in [-0.3, -0.25) is 4.79 Å². The molecule has 2 N–H and O–H groups in total. The third-order valence-corrected chi connectivity index (χ3v) is 4.40. The number of carbonyl (C=O) groups is 1. The summed E-state index contributed by atoms with van der Waals surface area (Å²) in [5.74, 6) is 0.0531. The van der Waals surface area contributed by atoms with Gasteiger partial charge < -0.3 is 15.5 Å². The van der Waals surface area contributed by atoms with Crippen molar-refractivity contribution < 1.29 is 4.79 Å². The Morgan fingerprint density at radius 1 is 1.43 bits per heavy atom. The predicted octanol–water partition coefficient (Wildman–Crippen LogP) is 2.64. The summed E-state index contributed by atoms with van der Waals surface area (Å²) in [6.07, 6.45) is 2.05. The maximum Gasteiger partial charge on any atom is 0.251 e. The normalized spacial score (nSPS) is 22.9. The molecule has 4 heteroatoms. The molecule has 1 aromatic carbocycles. The van der Waals surface area contributed by atoms with Gasteiger partial charge in [0.25, 0.3) is 5.91 Å². The highest BCUT2D eigenvalue weighted by atomic mass is 16.1. The third kappa shape index (κ3) is 3.97. The summed E-state index contributed by atoms with van der Waals surface area (Å²) < 4.78 is 0. The molecule has 116 valence electrons. The van der Waals surface area contributed by atoms with Gasteiger partial charge in [0, 0.05) is 36.4 Å². The molecule has 2 rings (SSSR count). The molecule has 4 nitrogen and oxygen atoms in total. The molecule has 1 aromatic rings. The van der Waals surface area contributed by atoms with Crippen molar-refractivity contribution in [1.29, 1.82) is 0 Å². The van der Waals surface area contributed by atoms with Gasteiger partial charge in [0.1, 0.15) is 0 Å². The van der Waals surface area contributed by atoms with Crippen LogP contribution in [0.1, 0.15) is 42.6 Å². The Kier molecular flexibility index (Phi) is 5.23. The number of nitrogens with one attached hydrogen (secondary N) is 2. The zero-order valence-electron chi connectivity index (χ0n) is 13.6. The number of aryl methyl sites for hydroxylation is 1. The molecule has 1 fully saturated rings. The summed E-state index contributed by atoms with van der Waals surface area (Å²) in [5, 5.41) is 6.46. The first kappa shape index (κ1) is 15.8. The maximum atomic E-state index is 12.4. The van der Waals surface area contributed by atoms with E-state index < -0.39 is 0 Å². The van der Waals surface area contributed by atoms with Gasteiger partial charge in [-0.15, -0.1) is 0 Å². The number of carbonyl (C=O) groups excluding carboxylic acids is 1. The lowest BCUT2D eigenvalue weighted by atomic mass is 9.98. The summed E-state index contributed by atoms with van der Waals surface area (Å²) in [4.78, 5) is 14.8. The van der Waals surface area contributed by atoms with Crippen molar-refractivity contribution in [1.82, 2.24) is 10.2 Å². The van der Waals surface area contributed by atoms with Gasteiger partial charge in [-0.2, -0.15) is 0 Å². The Morgan fingerprint density at radius 3 is 2.81 bits per heavy atom. The highest BCUT2D eigenvalue weighted by molar-refractivity contribution is 5.96. The fourth-order valence-electron chi connectivity index (χ4n) is 2.92.